The van der Waals surface area contributed by atoms with E-state index in [0.717, 1.165) is 11.1 Å². The van der Waals surface area contributed by atoms with Crippen LogP contribution >= 0.6 is 11.6 Å². The Bertz CT molecular complexity index is 1160. The quantitative estimate of drug-likeness (QED) is 0.508. The molecule has 1 amide bonds. The third kappa shape index (κ3) is 4.36. The number of hydrogen-bond donors (Lipinski definition) is 1. The molecule has 0 spiro atoms. The van der Waals surface area contributed by atoms with Crippen LogP contribution in [0.15, 0.2) is 73.1 Å². The summed E-state index contributed by atoms with van der Waals surface area (Å²) in [5.74, 6) is -0.833. The number of pyridine rings is 1. The summed E-state index contributed by atoms with van der Waals surface area (Å²) in [4.78, 5) is 16.9. The summed E-state index contributed by atoms with van der Waals surface area (Å²) >= 11 is 6.05. The molecule has 2 aromatic carbocycles. The van der Waals surface area contributed by atoms with Crippen molar-refractivity contribution < 1.29 is 9.18 Å². The molecular weight excluding hydrogens is 405 g/mol. The predicted octanol–water partition coefficient (Wildman–Crippen LogP) is 4.11. The highest BCUT2D eigenvalue weighted by atomic mass is 35.5. The predicted molar refractivity (Wildman–Crippen MR) is 111 cm³/mol. The molecule has 30 heavy (non-hydrogen) atoms. The standard InChI is InChI=1S/C22H17ClFN5O/c23-19-12-18(24)7-6-17(19)13-26-22(30)20-21(16-8-10-25-11-9-16)29(28-27-20)14-15-4-2-1-3-5-15/h1-12H,13-14H2,(H,26,30). The van der Waals surface area contributed by atoms with Crippen LogP contribution in [0.3, 0.4) is 0 Å². The fourth-order valence-corrected chi connectivity index (χ4v) is 3.29. The van der Waals surface area contributed by atoms with Crippen molar-refractivity contribution in [3.63, 3.8) is 0 Å². The van der Waals surface area contributed by atoms with Gasteiger partial charge in [-0.1, -0.05) is 53.2 Å². The van der Waals surface area contributed by atoms with Crippen LogP contribution in [0.4, 0.5) is 4.39 Å². The van der Waals surface area contributed by atoms with Gasteiger partial charge < -0.3 is 5.32 Å². The average Bonchev–Trinajstić information content (AvgIpc) is 3.18. The number of nitrogens with one attached hydrogen (secondary N) is 1. The highest BCUT2D eigenvalue weighted by molar-refractivity contribution is 6.31. The van der Waals surface area contributed by atoms with Gasteiger partial charge >= 0.3 is 0 Å². The van der Waals surface area contributed by atoms with Gasteiger partial charge in [0.1, 0.15) is 11.5 Å². The Kier molecular flexibility index (Phi) is 5.81. The van der Waals surface area contributed by atoms with Gasteiger partial charge in [-0.2, -0.15) is 0 Å². The van der Waals surface area contributed by atoms with E-state index in [1.54, 1.807) is 29.2 Å². The molecule has 0 saturated carbocycles. The second-order valence-electron chi connectivity index (χ2n) is 6.58. The van der Waals surface area contributed by atoms with Crippen molar-refractivity contribution in [3.05, 3.63) is 101 Å². The van der Waals surface area contributed by atoms with E-state index in [1.165, 1.54) is 18.2 Å². The molecule has 0 aliphatic heterocycles. The van der Waals surface area contributed by atoms with E-state index >= 15 is 0 Å². The third-order valence-electron chi connectivity index (χ3n) is 4.53. The van der Waals surface area contributed by atoms with Crippen LogP contribution in [-0.4, -0.2) is 25.9 Å². The number of rotatable bonds is 6. The van der Waals surface area contributed by atoms with Gasteiger partial charge in [-0.05, 0) is 35.4 Å². The van der Waals surface area contributed by atoms with Crippen LogP contribution in [0.1, 0.15) is 21.6 Å². The van der Waals surface area contributed by atoms with E-state index < -0.39 is 11.7 Å². The van der Waals surface area contributed by atoms with Gasteiger partial charge in [-0.15, -0.1) is 5.10 Å². The molecule has 4 aromatic rings. The van der Waals surface area contributed by atoms with Crippen molar-refractivity contribution in [1.29, 1.82) is 0 Å². The number of carbonyl (C=O) groups excluding carboxylic acids is 1. The Morgan fingerprint density at radius 1 is 1.07 bits per heavy atom. The molecule has 0 atom stereocenters. The first kappa shape index (κ1) is 19.7. The maximum absolute atomic E-state index is 13.2. The van der Waals surface area contributed by atoms with Gasteiger partial charge in [0.15, 0.2) is 5.69 Å². The summed E-state index contributed by atoms with van der Waals surface area (Å²) in [6.45, 7) is 0.599. The first-order valence-electron chi connectivity index (χ1n) is 9.22. The van der Waals surface area contributed by atoms with Gasteiger partial charge in [0.05, 0.1) is 6.54 Å². The Labute approximate surface area is 177 Å². The SMILES string of the molecule is O=C(NCc1ccc(F)cc1Cl)c1nnn(Cc2ccccc2)c1-c1ccncc1. The number of nitrogens with zero attached hydrogens (tertiary/aromatic N) is 4. The van der Waals surface area contributed by atoms with Crippen LogP contribution < -0.4 is 5.32 Å². The molecule has 8 heteroatoms. The first-order valence-corrected chi connectivity index (χ1v) is 9.59. The smallest absolute Gasteiger partial charge is 0.274 e. The maximum Gasteiger partial charge on any atom is 0.274 e. The molecule has 4 rings (SSSR count). The molecule has 0 saturated heterocycles. The summed E-state index contributed by atoms with van der Waals surface area (Å²) in [7, 11) is 0. The molecule has 0 fully saturated rings. The van der Waals surface area contributed by atoms with E-state index in [-0.39, 0.29) is 17.3 Å². The topological polar surface area (TPSA) is 72.7 Å². The number of benzene rings is 2. The fourth-order valence-electron chi connectivity index (χ4n) is 3.05. The van der Waals surface area contributed by atoms with Gasteiger partial charge in [-0.25, -0.2) is 9.07 Å². The molecule has 0 aliphatic rings. The van der Waals surface area contributed by atoms with E-state index in [1.807, 2.05) is 30.3 Å². The number of halogens is 2. The zero-order valence-electron chi connectivity index (χ0n) is 15.8. The number of amides is 1. The lowest BCUT2D eigenvalue weighted by Crippen LogP contribution is -2.24. The Hall–Kier alpha value is -3.58. The number of aromatic nitrogens is 4. The lowest BCUT2D eigenvalue weighted by atomic mass is 10.1. The lowest BCUT2D eigenvalue weighted by molar-refractivity contribution is 0.0946. The minimum absolute atomic E-state index is 0.138. The minimum Gasteiger partial charge on any atom is -0.346 e. The summed E-state index contributed by atoms with van der Waals surface area (Å²) in [5.41, 5.74) is 3.19. The lowest BCUT2D eigenvalue weighted by Gasteiger charge is -2.09. The van der Waals surface area contributed by atoms with Crippen molar-refractivity contribution in [2.75, 3.05) is 0 Å². The van der Waals surface area contributed by atoms with Crippen molar-refractivity contribution >= 4 is 17.5 Å². The number of hydrogen-bond acceptors (Lipinski definition) is 4. The third-order valence-corrected chi connectivity index (χ3v) is 4.89. The monoisotopic (exact) mass is 421 g/mol. The van der Waals surface area contributed by atoms with Crippen molar-refractivity contribution in [2.24, 2.45) is 0 Å². The summed E-state index contributed by atoms with van der Waals surface area (Å²) in [6, 6.07) is 17.4. The molecule has 0 aliphatic carbocycles. The van der Waals surface area contributed by atoms with Crippen LogP contribution in [0, 0.1) is 5.82 Å². The van der Waals surface area contributed by atoms with E-state index in [4.69, 9.17) is 11.6 Å². The van der Waals surface area contributed by atoms with Crippen molar-refractivity contribution in [2.45, 2.75) is 13.1 Å². The number of carbonyl (C=O) groups is 1. The molecule has 0 unspecified atom stereocenters. The largest absolute Gasteiger partial charge is 0.346 e. The average molecular weight is 422 g/mol. The Morgan fingerprint density at radius 2 is 1.83 bits per heavy atom. The Balaban J connectivity index is 1.63. The zero-order chi connectivity index (χ0) is 20.9. The molecule has 0 bridgehead atoms. The minimum atomic E-state index is -0.432. The highest BCUT2D eigenvalue weighted by Crippen LogP contribution is 2.23. The van der Waals surface area contributed by atoms with E-state index in [0.29, 0.717) is 17.8 Å². The van der Waals surface area contributed by atoms with E-state index in [2.05, 4.69) is 20.6 Å². The molecular formula is C22H17ClFN5O. The molecule has 150 valence electrons. The van der Waals surface area contributed by atoms with Crippen LogP contribution in [0.2, 0.25) is 5.02 Å². The van der Waals surface area contributed by atoms with Crippen LogP contribution in [0.5, 0.6) is 0 Å². The van der Waals surface area contributed by atoms with E-state index in [9.17, 15) is 9.18 Å². The van der Waals surface area contributed by atoms with Crippen molar-refractivity contribution in [3.8, 4) is 11.3 Å². The molecule has 2 aromatic heterocycles. The molecule has 2 heterocycles. The summed E-state index contributed by atoms with van der Waals surface area (Å²) in [6.07, 6.45) is 3.30. The van der Waals surface area contributed by atoms with Crippen LogP contribution in [-0.2, 0) is 13.1 Å². The van der Waals surface area contributed by atoms with Crippen LogP contribution in [0.25, 0.3) is 11.3 Å². The van der Waals surface area contributed by atoms with Gasteiger partial charge in [0.25, 0.3) is 5.91 Å². The van der Waals surface area contributed by atoms with Gasteiger partial charge in [0.2, 0.25) is 0 Å². The summed E-state index contributed by atoms with van der Waals surface area (Å²) < 4.78 is 14.9. The van der Waals surface area contributed by atoms with Crippen molar-refractivity contribution in [1.82, 2.24) is 25.3 Å². The molecule has 0 radical (unpaired) electrons. The molecule has 1 N–H and O–H groups in total. The second kappa shape index (κ2) is 8.84. The molecule has 6 nitrogen and oxygen atoms in total. The first-order chi connectivity index (χ1) is 14.6. The summed E-state index contributed by atoms with van der Waals surface area (Å²) in [5, 5.41) is 11.4. The Morgan fingerprint density at radius 3 is 2.57 bits per heavy atom. The van der Waals surface area contributed by atoms with Gasteiger partial charge in [-0.3, -0.25) is 9.78 Å². The zero-order valence-corrected chi connectivity index (χ0v) is 16.6. The van der Waals surface area contributed by atoms with Gasteiger partial charge in [0, 0.05) is 29.5 Å². The second-order valence-corrected chi connectivity index (χ2v) is 6.99. The highest BCUT2D eigenvalue weighted by Gasteiger charge is 2.21. The normalized spacial score (nSPS) is 10.7. The fraction of sp³-hybridized carbons (Fsp3) is 0.0909. The maximum atomic E-state index is 13.2.